The Morgan fingerprint density at radius 3 is 2.71 bits per heavy atom. The van der Waals surface area contributed by atoms with Crippen molar-refractivity contribution < 1.29 is 0 Å². The molecule has 2 aromatic rings. The van der Waals surface area contributed by atoms with Gasteiger partial charge in [-0.1, -0.05) is 11.6 Å². The Bertz CT molecular complexity index is 544. The molecule has 0 radical (unpaired) electrons. The molecule has 3 heteroatoms. The highest BCUT2D eigenvalue weighted by atomic mass is 14.9. The summed E-state index contributed by atoms with van der Waals surface area (Å²) in [6.07, 6.45) is 0. The number of aromatic nitrogens is 1. The smallest absolute Gasteiger partial charge is 0.119 e. The molecule has 1 aromatic carbocycles. The van der Waals surface area contributed by atoms with Gasteiger partial charge in [0, 0.05) is 5.39 Å². The fourth-order valence-electron chi connectivity index (χ4n) is 1.79. The van der Waals surface area contributed by atoms with Gasteiger partial charge in [0.05, 0.1) is 5.52 Å². The first-order valence-electron chi connectivity index (χ1n) is 4.42. The van der Waals surface area contributed by atoms with E-state index >= 15 is 0 Å². The Morgan fingerprint density at radius 2 is 2.07 bits per heavy atom. The number of hydrogen-bond donors (Lipinski definition) is 2. The van der Waals surface area contributed by atoms with Crippen LogP contribution in [0, 0.1) is 25.2 Å². The van der Waals surface area contributed by atoms with Crippen molar-refractivity contribution in [2.75, 3.05) is 5.73 Å². The molecule has 0 amide bonds. The van der Waals surface area contributed by atoms with E-state index in [1.54, 1.807) is 0 Å². The molecule has 0 aliphatic rings. The van der Waals surface area contributed by atoms with E-state index in [4.69, 9.17) is 11.0 Å². The van der Waals surface area contributed by atoms with E-state index in [0.717, 1.165) is 22.0 Å². The lowest BCUT2D eigenvalue weighted by atomic mass is 10.1. The monoisotopic (exact) mass is 185 g/mol. The number of hydrogen-bond acceptors (Lipinski definition) is 2. The molecule has 2 rings (SSSR count). The molecular formula is C11H11N3. The first-order valence-corrected chi connectivity index (χ1v) is 4.42. The van der Waals surface area contributed by atoms with Gasteiger partial charge in [0.2, 0.25) is 0 Å². The summed E-state index contributed by atoms with van der Waals surface area (Å²) in [6, 6.07) is 6.17. The van der Waals surface area contributed by atoms with E-state index in [1.165, 1.54) is 0 Å². The number of nitriles is 1. The molecule has 0 saturated carbocycles. The molecule has 14 heavy (non-hydrogen) atoms. The first-order chi connectivity index (χ1) is 6.63. The Morgan fingerprint density at radius 1 is 1.36 bits per heavy atom. The minimum Gasteiger partial charge on any atom is -0.384 e. The van der Waals surface area contributed by atoms with Crippen LogP contribution in [0.2, 0.25) is 0 Å². The number of anilines is 1. The molecule has 0 aliphatic carbocycles. The predicted molar refractivity (Wildman–Crippen MR) is 56.9 cm³/mol. The van der Waals surface area contributed by atoms with Crippen molar-refractivity contribution in [1.82, 2.24) is 4.98 Å². The van der Waals surface area contributed by atoms with Crippen LogP contribution in [0.15, 0.2) is 12.1 Å². The number of fused-ring (bicyclic) bond motifs is 1. The summed E-state index contributed by atoms with van der Waals surface area (Å²) < 4.78 is 0. The summed E-state index contributed by atoms with van der Waals surface area (Å²) in [6.45, 7) is 4.02. The molecule has 3 N–H and O–H groups in total. The quantitative estimate of drug-likeness (QED) is 0.661. The van der Waals surface area contributed by atoms with E-state index in [-0.39, 0.29) is 0 Å². The number of nitrogen functional groups attached to an aromatic ring is 1. The average Bonchev–Trinajstić information content (AvgIpc) is 2.41. The van der Waals surface area contributed by atoms with Gasteiger partial charge in [-0.2, -0.15) is 5.26 Å². The fourth-order valence-corrected chi connectivity index (χ4v) is 1.79. The maximum absolute atomic E-state index is 8.94. The fraction of sp³-hybridized carbons (Fsp3) is 0.182. The number of benzene rings is 1. The van der Waals surface area contributed by atoms with Gasteiger partial charge >= 0.3 is 0 Å². The maximum atomic E-state index is 8.94. The summed E-state index contributed by atoms with van der Waals surface area (Å²) in [7, 11) is 0. The lowest BCUT2D eigenvalue weighted by Crippen LogP contribution is -1.86. The van der Waals surface area contributed by atoms with Crippen molar-refractivity contribution in [2.24, 2.45) is 0 Å². The van der Waals surface area contributed by atoms with Crippen LogP contribution >= 0.6 is 0 Å². The highest BCUT2D eigenvalue weighted by Gasteiger charge is 2.10. The minimum absolute atomic E-state index is 0.455. The summed E-state index contributed by atoms with van der Waals surface area (Å²) in [5, 5.41) is 9.86. The topological polar surface area (TPSA) is 65.6 Å². The van der Waals surface area contributed by atoms with Gasteiger partial charge in [0.25, 0.3) is 0 Å². The van der Waals surface area contributed by atoms with Gasteiger partial charge in [-0.3, -0.25) is 0 Å². The Kier molecular flexibility index (Phi) is 1.71. The minimum atomic E-state index is 0.455. The standard InChI is InChI=1S/C11H11N3/c1-6-3-7(2)10-8(4-6)9(5-12)11(13)14-10/h3-4,14H,13H2,1-2H3. The molecule has 70 valence electrons. The lowest BCUT2D eigenvalue weighted by molar-refractivity contribution is 1.38. The number of rotatable bonds is 0. The lowest BCUT2D eigenvalue weighted by Gasteiger charge is -1.98. The predicted octanol–water partition coefficient (Wildman–Crippen LogP) is 2.24. The van der Waals surface area contributed by atoms with E-state index in [0.29, 0.717) is 11.4 Å². The summed E-state index contributed by atoms with van der Waals surface area (Å²) in [5.74, 6) is 0.455. The molecule has 0 bridgehead atoms. The van der Waals surface area contributed by atoms with Crippen LogP contribution in [0.5, 0.6) is 0 Å². The number of nitrogens with one attached hydrogen (secondary N) is 1. The Labute approximate surface area is 82.1 Å². The average molecular weight is 185 g/mol. The van der Waals surface area contributed by atoms with Crippen molar-refractivity contribution in [1.29, 1.82) is 5.26 Å². The van der Waals surface area contributed by atoms with Crippen molar-refractivity contribution in [3.05, 3.63) is 28.8 Å². The SMILES string of the molecule is Cc1cc(C)c2[nH]c(N)c(C#N)c2c1. The number of aromatic amines is 1. The second-order valence-electron chi connectivity index (χ2n) is 3.53. The molecule has 1 heterocycles. The van der Waals surface area contributed by atoms with Crippen LogP contribution in [-0.4, -0.2) is 4.98 Å². The number of nitrogens with zero attached hydrogens (tertiary/aromatic N) is 1. The van der Waals surface area contributed by atoms with Gasteiger partial charge in [-0.15, -0.1) is 0 Å². The van der Waals surface area contributed by atoms with Crippen molar-refractivity contribution >= 4 is 16.7 Å². The van der Waals surface area contributed by atoms with E-state index in [2.05, 4.69) is 17.1 Å². The van der Waals surface area contributed by atoms with Crippen LogP contribution in [0.1, 0.15) is 16.7 Å². The summed E-state index contributed by atoms with van der Waals surface area (Å²) in [5.41, 5.74) is 9.48. The Hall–Kier alpha value is -1.95. The van der Waals surface area contributed by atoms with Crippen molar-refractivity contribution in [3.63, 3.8) is 0 Å². The van der Waals surface area contributed by atoms with Gasteiger partial charge in [-0.25, -0.2) is 0 Å². The van der Waals surface area contributed by atoms with E-state index < -0.39 is 0 Å². The number of H-pyrrole nitrogens is 1. The van der Waals surface area contributed by atoms with E-state index in [1.807, 2.05) is 19.9 Å². The van der Waals surface area contributed by atoms with Gasteiger partial charge in [0.1, 0.15) is 17.5 Å². The zero-order valence-electron chi connectivity index (χ0n) is 8.18. The third-order valence-corrected chi connectivity index (χ3v) is 2.39. The van der Waals surface area contributed by atoms with Gasteiger partial charge in [0.15, 0.2) is 0 Å². The van der Waals surface area contributed by atoms with Crippen LogP contribution < -0.4 is 5.73 Å². The van der Waals surface area contributed by atoms with Crippen LogP contribution in [0.4, 0.5) is 5.82 Å². The molecule has 0 saturated heterocycles. The van der Waals surface area contributed by atoms with Crippen LogP contribution in [0.3, 0.4) is 0 Å². The highest BCUT2D eigenvalue weighted by molar-refractivity contribution is 5.93. The normalized spacial score (nSPS) is 10.4. The second kappa shape index (κ2) is 2.78. The molecule has 0 atom stereocenters. The summed E-state index contributed by atoms with van der Waals surface area (Å²) >= 11 is 0. The zero-order valence-corrected chi connectivity index (χ0v) is 8.18. The molecule has 1 aromatic heterocycles. The third-order valence-electron chi connectivity index (χ3n) is 2.39. The molecule has 0 unspecified atom stereocenters. The van der Waals surface area contributed by atoms with Gasteiger partial charge < -0.3 is 10.7 Å². The Balaban J connectivity index is 2.97. The molecule has 0 fully saturated rings. The first kappa shape index (κ1) is 8.64. The largest absolute Gasteiger partial charge is 0.384 e. The molecule has 0 spiro atoms. The second-order valence-corrected chi connectivity index (χ2v) is 3.53. The molecule has 3 nitrogen and oxygen atoms in total. The zero-order chi connectivity index (χ0) is 10.3. The maximum Gasteiger partial charge on any atom is 0.119 e. The van der Waals surface area contributed by atoms with Crippen molar-refractivity contribution in [2.45, 2.75) is 13.8 Å². The summed E-state index contributed by atoms with van der Waals surface area (Å²) in [4.78, 5) is 3.03. The molecule has 0 aliphatic heterocycles. The number of aryl methyl sites for hydroxylation is 2. The van der Waals surface area contributed by atoms with Gasteiger partial charge in [-0.05, 0) is 25.5 Å². The highest BCUT2D eigenvalue weighted by Crippen LogP contribution is 2.26. The third kappa shape index (κ3) is 1.05. The van der Waals surface area contributed by atoms with Crippen molar-refractivity contribution in [3.8, 4) is 6.07 Å². The molecular weight excluding hydrogens is 174 g/mol. The van der Waals surface area contributed by atoms with E-state index in [9.17, 15) is 0 Å². The van der Waals surface area contributed by atoms with Crippen LogP contribution in [0.25, 0.3) is 10.9 Å². The van der Waals surface area contributed by atoms with Crippen LogP contribution in [-0.2, 0) is 0 Å². The number of nitrogens with two attached hydrogens (primary N) is 1.